The number of fused-ring (bicyclic) bond motifs is 3. The molecule has 2 heteroatoms. The van der Waals surface area contributed by atoms with E-state index in [1.54, 1.807) is 0 Å². The molecule has 0 N–H and O–H groups in total. The van der Waals surface area contributed by atoms with Crippen LogP contribution in [0.4, 0.5) is 17.1 Å². The number of hydrogen-bond acceptors (Lipinski definition) is 1. The van der Waals surface area contributed by atoms with Crippen LogP contribution < -0.4 is 4.90 Å². The minimum atomic E-state index is 0.0212. The van der Waals surface area contributed by atoms with Gasteiger partial charge in [-0.2, -0.15) is 0 Å². The first-order valence-corrected chi connectivity index (χ1v) is 26.1. The van der Waals surface area contributed by atoms with Gasteiger partial charge in [-0.1, -0.05) is 217 Å². The number of anilines is 3. The van der Waals surface area contributed by atoms with Crippen molar-refractivity contribution < 1.29 is 0 Å². The Labute approximate surface area is 434 Å². The third kappa shape index (κ3) is 7.72. The smallest absolute Gasteiger partial charge is 0.0541 e. The summed E-state index contributed by atoms with van der Waals surface area (Å²) in [6.45, 7) is 13.9. The van der Waals surface area contributed by atoms with Crippen molar-refractivity contribution in [2.75, 3.05) is 4.90 Å². The largest absolute Gasteiger partial charge is 0.310 e. The van der Waals surface area contributed by atoms with Crippen LogP contribution in [0, 0.1) is 0 Å². The fraction of sp³-hybridized carbons (Fsp3) is 0.111. The molecule has 0 aliphatic heterocycles. The average molecular weight is 951 g/mol. The molecule has 0 aliphatic rings. The Morgan fingerprint density at radius 1 is 0.311 bits per heavy atom. The molecule has 13 rings (SSSR count). The van der Waals surface area contributed by atoms with Gasteiger partial charge in [-0.15, -0.1) is 0 Å². The molecule has 0 unspecified atom stereocenters. The molecule has 1 aromatic heterocycles. The molecular weight excluding hydrogens is 893 g/mol. The molecule has 0 atom stereocenters. The number of rotatable bonds is 8. The van der Waals surface area contributed by atoms with Crippen LogP contribution in [-0.2, 0) is 10.8 Å². The molecule has 0 spiro atoms. The van der Waals surface area contributed by atoms with E-state index in [0.717, 1.165) is 17.1 Å². The van der Waals surface area contributed by atoms with Gasteiger partial charge in [0.15, 0.2) is 0 Å². The van der Waals surface area contributed by atoms with Crippen LogP contribution in [0.5, 0.6) is 0 Å². The Bertz CT molecular complexity index is 4170. The molecule has 0 saturated heterocycles. The highest BCUT2D eigenvalue weighted by Gasteiger charge is 2.24. The van der Waals surface area contributed by atoms with E-state index in [1.807, 2.05) is 0 Å². The van der Waals surface area contributed by atoms with Crippen LogP contribution in [-0.4, -0.2) is 4.57 Å². The molecule has 74 heavy (non-hydrogen) atoms. The van der Waals surface area contributed by atoms with Crippen molar-refractivity contribution in [3.8, 4) is 50.2 Å². The SMILES string of the molecule is CC(C)(C)c1ccc2c(c1)c1cc(C(C)(C)C)ccc1n2-c1ccc2ccc3c(N(c4ccc(-c5cccc(-c6ccccc6)c5)cc4)c4cccc(-c5ccccc5-c5ccccc5)c4)ccc4ccc1c2c43. The lowest BCUT2D eigenvalue weighted by atomic mass is 9.85. The van der Waals surface area contributed by atoms with Crippen molar-refractivity contribution in [2.45, 2.75) is 52.4 Å². The van der Waals surface area contributed by atoms with E-state index in [0.29, 0.717) is 0 Å². The summed E-state index contributed by atoms with van der Waals surface area (Å²) >= 11 is 0. The van der Waals surface area contributed by atoms with Crippen LogP contribution in [0.2, 0.25) is 0 Å². The van der Waals surface area contributed by atoms with Crippen molar-refractivity contribution >= 4 is 71.2 Å². The van der Waals surface area contributed by atoms with E-state index >= 15 is 0 Å². The molecule has 0 radical (unpaired) electrons. The third-order valence-corrected chi connectivity index (χ3v) is 15.5. The summed E-state index contributed by atoms with van der Waals surface area (Å²) in [5.41, 5.74) is 19.3. The lowest BCUT2D eigenvalue weighted by Crippen LogP contribution is -2.11. The number of benzene rings is 12. The fourth-order valence-electron chi connectivity index (χ4n) is 11.5. The molecule has 0 bridgehead atoms. The van der Waals surface area contributed by atoms with Gasteiger partial charge in [0.25, 0.3) is 0 Å². The van der Waals surface area contributed by atoms with E-state index in [9.17, 15) is 0 Å². The van der Waals surface area contributed by atoms with Gasteiger partial charge >= 0.3 is 0 Å². The fourth-order valence-corrected chi connectivity index (χ4v) is 11.5. The van der Waals surface area contributed by atoms with Gasteiger partial charge in [-0.3, -0.25) is 0 Å². The van der Waals surface area contributed by atoms with E-state index < -0.39 is 0 Å². The molecule has 2 nitrogen and oxygen atoms in total. The molecule has 1 heterocycles. The van der Waals surface area contributed by atoms with Gasteiger partial charge in [0.05, 0.1) is 22.4 Å². The minimum Gasteiger partial charge on any atom is -0.310 e. The summed E-state index contributed by atoms with van der Waals surface area (Å²) in [5, 5.41) is 10.1. The van der Waals surface area contributed by atoms with Gasteiger partial charge in [-0.25, -0.2) is 0 Å². The summed E-state index contributed by atoms with van der Waals surface area (Å²) in [6, 6.07) is 90.3. The van der Waals surface area contributed by atoms with Gasteiger partial charge in [-0.05, 0) is 155 Å². The van der Waals surface area contributed by atoms with E-state index in [2.05, 4.69) is 294 Å². The van der Waals surface area contributed by atoms with Crippen LogP contribution in [0.15, 0.2) is 243 Å². The van der Waals surface area contributed by atoms with Gasteiger partial charge in [0, 0.05) is 32.9 Å². The van der Waals surface area contributed by atoms with Crippen molar-refractivity contribution in [3.63, 3.8) is 0 Å². The summed E-state index contributed by atoms with van der Waals surface area (Å²) in [4.78, 5) is 2.47. The summed E-state index contributed by atoms with van der Waals surface area (Å²) in [6.07, 6.45) is 0. The van der Waals surface area contributed by atoms with E-state index in [4.69, 9.17) is 0 Å². The average Bonchev–Trinajstić information content (AvgIpc) is 3.79. The molecule has 0 saturated carbocycles. The van der Waals surface area contributed by atoms with Gasteiger partial charge in [0.1, 0.15) is 0 Å². The lowest BCUT2D eigenvalue weighted by molar-refractivity contribution is 0.590. The second-order valence-corrected chi connectivity index (χ2v) is 22.2. The topological polar surface area (TPSA) is 8.17 Å². The summed E-state index contributed by atoms with van der Waals surface area (Å²) in [5.74, 6) is 0. The Morgan fingerprint density at radius 2 is 0.797 bits per heavy atom. The van der Waals surface area contributed by atoms with Gasteiger partial charge in [0.2, 0.25) is 0 Å². The van der Waals surface area contributed by atoms with Crippen molar-refractivity contribution in [1.29, 1.82) is 0 Å². The molecule has 356 valence electrons. The molecule has 0 amide bonds. The molecule has 13 aromatic rings. The highest BCUT2D eigenvalue weighted by atomic mass is 15.1. The molecule has 0 fully saturated rings. The molecule has 0 aliphatic carbocycles. The highest BCUT2D eigenvalue weighted by Crippen LogP contribution is 2.47. The monoisotopic (exact) mass is 950 g/mol. The number of aromatic nitrogens is 1. The van der Waals surface area contributed by atoms with E-state index in [-0.39, 0.29) is 10.8 Å². The molecular formula is C72H58N2. The zero-order valence-corrected chi connectivity index (χ0v) is 43.0. The lowest BCUT2D eigenvalue weighted by Gasteiger charge is -2.28. The number of nitrogens with zero attached hydrogens (tertiary/aromatic N) is 2. The Kier molecular flexibility index (Phi) is 10.7. The minimum absolute atomic E-state index is 0.0212. The first-order chi connectivity index (χ1) is 36.0. The molecule has 12 aromatic carbocycles. The summed E-state index contributed by atoms with van der Waals surface area (Å²) in [7, 11) is 0. The Hall–Kier alpha value is -8.72. The van der Waals surface area contributed by atoms with E-state index in [1.165, 1.54) is 115 Å². The first-order valence-electron chi connectivity index (χ1n) is 26.1. The quantitative estimate of drug-likeness (QED) is 0.138. The van der Waals surface area contributed by atoms with Crippen molar-refractivity contribution in [1.82, 2.24) is 4.57 Å². The number of hydrogen-bond donors (Lipinski definition) is 0. The first kappa shape index (κ1) is 45.2. The normalized spacial score (nSPS) is 12.2. The van der Waals surface area contributed by atoms with Gasteiger partial charge < -0.3 is 9.47 Å². The maximum Gasteiger partial charge on any atom is 0.0541 e. The van der Waals surface area contributed by atoms with Crippen LogP contribution in [0.1, 0.15) is 52.7 Å². The Balaban J connectivity index is 1.01. The maximum absolute atomic E-state index is 2.53. The van der Waals surface area contributed by atoms with Crippen LogP contribution >= 0.6 is 0 Å². The van der Waals surface area contributed by atoms with Crippen LogP contribution in [0.25, 0.3) is 104 Å². The predicted octanol–water partition coefficient (Wildman–Crippen LogP) is 20.4. The predicted molar refractivity (Wildman–Crippen MR) is 318 cm³/mol. The zero-order chi connectivity index (χ0) is 50.3. The third-order valence-electron chi connectivity index (χ3n) is 15.5. The second-order valence-electron chi connectivity index (χ2n) is 22.2. The van der Waals surface area contributed by atoms with Crippen LogP contribution in [0.3, 0.4) is 0 Å². The second kappa shape index (κ2) is 17.5. The van der Waals surface area contributed by atoms with Crippen molar-refractivity contribution in [3.05, 3.63) is 254 Å². The van der Waals surface area contributed by atoms with Crippen molar-refractivity contribution in [2.24, 2.45) is 0 Å². The zero-order valence-electron chi connectivity index (χ0n) is 43.0. The maximum atomic E-state index is 2.53. The standard InChI is InChI=1S/C72H58N2/c1-71(2,3)55-33-41-67-63(45-55)64-46-56(72(4,5)6)34-42-68(64)74(67)66-40-32-51-29-37-61-65(39-31-50-30-38-62(66)70(51)69(50)61)73(57-35-27-48(28-36-57)53-22-15-21-52(43-53)47-17-9-7-10-18-47)58-24-16-23-54(44-58)60-26-14-13-25-59(60)49-19-11-8-12-20-49/h7-46H,1-6H3. The highest BCUT2D eigenvalue weighted by molar-refractivity contribution is 6.27. The summed E-state index contributed by atoms with van der Waals surface area (Å²) < 4.78 is 2.53. The Morgan fingerprint density at radius 3 is 1.42 bits per heavy atom.